The quantitative estimate of drug-likeness (QED) is 0.646. The zero-order chi connectivity index (χ0) is 19.0. The first-order valence-electron chi connectivity index (χ1n) is 8.91. The number of aromatic nitrogens is 3. The van der Waals surface area contributed by atoms with Crippen molar-refractivity contribution in [2.24, 2.45) is 5.92 Å². The normalized spacial score (nSPS) is 20.7. The maximum Gasteiger partial charge on any atom is 0.419 e. The largest absolute Gasteiger partial charge is 0.419 e. The van der Waals surface area contributed by atoms with Crippen LogP contribution in [0.5, 0.6) is 0 Å². The Hall–Kier alpha value is -2.61. The Morgan fingerprint density at radius 3 is 2.81 bits per heavy atom. The standard InChI is InChI=1S/C19H20F3N5/c1-11-6-7-23-10-16(11)26-18-25-9-14(19(20,21)22)17(27-18)13-8-24-15-5-3-2-4-12(13)15/h2-5,8-9,11,16,23-24H,6-7,10H2,1H3,(H,25,26,27)/t11-,16-/m0/s1. The average Bonchev–Trinajstić information content (AvgIpc) is 3.07. The lowest BCUT2D eigenvalue weighted by Gasteiger charge is -2.30. The number of nitrogens with one attached hydrogen (secondary N) is 3. The van der Waals surface area contributed by atoms with Crippen LogP contribution in [0.2, 0.25) is 0 Å². The number of para-hydroxylation sites is 1. The summed E-state index contributed by atoms with van der Waals surface area (Å²) in [5, 5.41) is 7.18. The summed E-state index contributed by atoms with van der Waals surface area (Å²) in [6, 6.07) is 7.30. The number of H-pyrrole nitrogens is 1. The minimum absolute atomic E-state index is 0.0753. The highest BCUT2D eigenvalue weighted by Crippen LogP contribution is 2.38. The molecule has 0 saturated carbocycles. The molecular weight excluding hydrogens is 355 g/mol. The van der Waals surface area contributed by atoms with E-state index in [1.165, 1.54) is 0 Å². The Kier molecular flexibility index (Phi) is 4.51. The topological polar surface area (TPSA) is 65.6 Å². The van der Waals surface area contributed by atoms with E-state index in [0.717, 1.165) is 31.2 Å². The van der Waals surface area contributed by atoms with Gasteiger partial charge in [-0.1, -0.05) is 25.1 Å². The number of hydrogen-bond donors (Lipinski definition) is 3. The third kappa shape index (κ3) is 3.49. The van der Waals surface area contributed by atoms with Crippen molar-refractivity contribution >= 4 is 16.9 Å². The molecule has 1 aliphatic heterocycles. The second-order valence-corrected chi connectivity index (χ2v) is 6.92. The molecule has 1 saturated heterocycles. The van der Waals surface area contributed by atoms with E-state index in [1.807, 2.05) is 12.1 Å². The Bertz CT molecular complexity index is 950. The van der Waals surface area contributed by atoms with Gasteiger partial charge in [-0.15, -0.1) is 0 Å². The zero-order valence-electron chi connectivity index (χ0n) is 14.8. The summed E-state index contributed by atoms with van der Waals surface area (Å²) < 4.78 is 40.7. The van der Waals surface area contributed by atoms with Gasteiger partial charge in [0.15, 0.2) is 0 Å². The van der Waals surface area contributed by atoms with E-state index >= 15 is 0 Å². The number of benzene rings is 1. The number of alkyl halides is 3. The first kappa shape index (κ1) is 17.8. The van der Waals surface area contributed by atoms with Crippen molar-refractivity contribution in [1.29, 1.82) is 0 Å². The smallest absolute Gasteiger partial charge is 0.360 e. The molecule has 1 aromatic carbocycles. The Labute approximate surface area is 154 Å². The van der Waals surface area contributed by atoms with Gasteiger partial charge in [0, 0.05) is 41.4 Å². The molecule has 0 bridgehead atoms. The molecule has 4 rings (SSSR count). The molecule has 8 heteroatoms. The molecule has 0 radical (unpaired) electrons. The summed E-state index contributed by atoms with van der Waals surface area (Å²) in [7, 11) is 0. The molecule has 5 nitrogen and oxygen atoms in total. The molecule has 1 fully saturated rings. The number of hydrogen-bond acceptors (Lipinski definition) is 4. The molecular formula is C19H20F3N5. The van der Waals surface area contributed by atoms with Crippen molar-refractivity contribution in [1.82, 2.24) is 20.3 Å². The summed E-state index contributed by atoms with van der Waals surface area (Å²) in [5.74, 6) is 0.595. The summed E-state index contributed by atoms with van der Waals surface area (Å²) in [4.78, 5) is 11.2. The molecule has 3 heterocycles. The van der Waals surface area contributed by atoms with Crippen LogP contribution in [0.25, 0.3) is 22.2 Å². The number of rotatable bonds is 3. The number of halogens is 3. The Balaban J connectivity index is 1.78. The van der Waals surface area contributed by atoms with Crippen LogP contribution in [-0.2, 0) is 6.18 Å². The van der Waals surface area contributed by atoms with Crippen molar-refractivity contribution < 1.29 is 13.2 Å². The average molecular weight is 375 g/mol. The van der Waals surface area contributed by atoms with Crippen LogP contribution in [-0.4, -0.2) is 34.1 Å². The lowest BCUT2D eigenvalue weighted by molar-refractivity contribution is -0.137. The van der Waals surface area contributed by atoms with Crippen molar-refractivity contribution in [3.63, 3.8) is 0 Å². The van der Waals surface area contributed by atoms with Gasteiger partial charge in [0.1, 0.15) is 5.56 Å². The Morgan fingerprint density at radius 2 is 2.04 bits per heavy atom. The molecule has 2 atom stereocenters. The van der Waals surface area contributed by atoms with Gasteiger partial charge in [-0.3, -0.25) is 0 Å². The second-order valence-electron chi connectivity index (χ2n) is 6.92. The highest BCUT2D eigenvalue weighted by atomic mass is 19.4. The first-order valence-corrected chi connectivity index (χ1v) is 8.91. The Morgan fingerprint density at radius 1 is 1.22 bits per heavy atom. The third-order valence-corrected chi connectivity index (χ3v) is 5.08. The molecule has 0 unspecified atom stereocenters. The van der Waals surface area contributed by atoms with Gasteiger partial charge in [0.25, 0.3) is 0 Å². The molecule has 0 amide bonds. The van der Waals surface area contributed by atoms with E-state index in [2.05, 4.69) is 32.5 Å². The minimum atomic E-state index is -4.54. The summed E-state index contributed by atoms with van der Waals surface area (Å²) in [6.45, 7) is 3.78. The molecule has 0 aliphatic carbocycles. The lowest BCUT2D eigenvalue weighted by Crippen LogP contribution is -2.44. The molecule has 3 N–H and O–H groups in total. The molecule has 2 aromatic heterocycles. The van der Waals surface area contributed by atoms with Crippen LogP contribution in [0.15, 0.2) is 36.7 Å². The summed E-state index contributed by atoms with van der Waals surface area (Å²) >= 11 is 0. The van der Waals surface area contributed by atoms with Gasteiger partial charge in [-0.25, -0.2) is 9.97 Å². The zero-order valence-corrected chi connectivity index (χ0v) is 14.8. The van der Waals surface area contributed by atoms with Gasteiger partial charge in [0.05, 0.1) is 5.69 Å². The van der Waals surface area contributed by atoms with Crippen molar-refractivity contribution in [3.05, 3.63) is 42.2 Å². The van der Waals surface area contributed by atoms with Gasteiger partial charge in [-0.2, -0.15) is 13.2 Å². The van der Waals surface area contributed by atoms with E-state index in [1.54, 1.807) is 18.3 Å². The van der Waals surface area contributed by atoms with Gasteiger partial charge in [0.2, 0.25) is 5.95 Å². The van der Waals surface area contributed by atoms with Crippen LogP contribution in [0.3, 0.4) is 0 Å². The van der Waals surface area contributed by atoms with E-state index < -0.39 is 11.7 Å². The van der Waals surface area contributed by atoms with Crippen molar-refractivity contribution in [2.75, 3.05) is 18.4 Å². The van der Waals surface area contributed by atoms with Gasteiger partial charge in [-0.05, 0) is 24.9 Å². The van der Waals surface area contributed by atoms with E-state index in [-0.39, 0.29) is 17.7 Å². The summed E-state index contributed by atoms with van der Waals surface area (Å²) in [5.41, 5.74) is 0.221. The molecule has 0 spiro atoms. The van der Waals surface area contributed by atoms with Crippen molar-refractivity contribution in [2.45, 2.75) is 25.6 Å². The lowest BCUT2D eigenvalue weighted by atomic mass is 9.95. The fourth-order valence-corrected chi connectivity index (χ4v) is 3.48. The maximum absolute atomic E-state index is 13.6. The van der Waals surface area contributed by atoms with E-state index in [4.69, 9.17) is 0 Å². The predicted octanol–water partition coefficient (Wildman–Crippen LogP) is 4.05. The molecule has 142 valence electrons. The molecule has 27 heavy (non-hydrogen) atoms. The SMILES string of the molecule is C[C@H]1CCNC[C@@H]1Nc1ncc(C(F)(F)F)c(-c2c[nH]c3ccccc23)n1. The number of nitrogens with zero attached hydrogens (tertiary/aromatic N) is 2. The first-order chi connectivity index (χ1) is 12.9. The summed E-state index contributed by atoms with van der Waals surface area (Å²) in [6.07, 6.45) is -1.11. The number of anilines is 1. The van der Waals surface area contributed by atoms with E-state index in [9.17, 15) is 13.2 Å². The van der Waals surface area contributed by atoms with Crippen LogP contribution in [0.1, 0.15) is 18.9 Å². The highest BCUT2D eigenvalue weighted by molar-refractivity contribution is 5.95. The highest BCUT2D eigenvalue weighted by Gasteiger charge is 2.36. The number of fused-ring (bicyclic) bond motifs is 1. The predicted molar refractivity (Wildman–Crippen MR) is 98.4 cm³/mol. The van der Waals surface area contributed by atoms with E-state index in [0.29, 0.717) is 16.9 Å². The fraction of sp³-hybridized carbons (Fsp3) is 0.368. The number of piperidine rings is 1. The third-order valence-electron chi connectivity index (χ3n) is 5.08. The van der Waals surface area contributed by atoms with Gasteiger partial charge < -0.3 is 15.6 Å². The van der Waals surface area contributed by atoms with Crippen LogP contribution >= 0.6 is 0 Å². The monoisotopic (exact) mass is 375 g/mol. The van der Waals surface area contributed by atoms with Crippen LogP contribution < -0.4 is 10.6 Å². The van der Waals surface area contributed by atoms with Crippen molar-refractivity contribution in [3.8, 4) is 11.3 Å². The fourth-order valence-electron chi connectivity index (χ4n) is 3.48. The second kappa shape index (κ2) is 6.84. The maximum atomic E-state index is 13.6. The number of aromatic amines is 1. The minimum Gasteiger partial charge on any atom is -0.360 e. The molecule has 1 aliphatic rings. The molecule has 3 aromatic rings. The van der Waals surface area contributed by atoms with Gasteiger partial charge >= 0.3 is 6.18 Å². The van der Waals surface area contributed by atoms with Crippen LogP contribution in [0.4, 0.5) is 19.1 Å². The van der Waals surface area contributed by atoms with Crippen LogP contribution in [0, 0.1) is 5.92 Å².